The molecule has 0 aliphatic heterocycles. The van der Waals surface area contributed by atoms with Gasteiger partial charge in [0.2, 0.25) is 0 Å². The number of pyridine rings is 1. The van der Waals surface area contributed by atoms with Gasteiger partial charge in [-0.3, -0.25) is 10.3 Å². The van der Waals surface area contributed by atoms with Crippen molar-refractivity contribution in [3.8, 4) is 11.1 Å². The highest BCUT2D eigenvalue weighted by Gasteiger charge is 2.29. The third kappa shape index (κ3) is 3.28. The Bertz CT molecular complexity index is 1250. The average Bonchev–Trinajstić information content (AvgIpc) is 3.12. The normalized spacial score (nSPS) is 12.3. The van der Waals surface area contributed by atoms with Crippen LogP contribution in [0.2, 0.25) is 0 Å². The van der Waals surface area contributed by atoms with Crippen molar-refractivity contribution in [3.63, 3.8) is 0 Å². The number of nitrogens with one attached hydrogen (secondary N) is 2. The van der Waals surface area contributed by atoms with Crippen molar-refractivity contribution >= 4 is 28.2 Å². The SMILES string of the molecule is CNc1c(C)cc(NC(=O)OCC2c3ccccc3-c3ccccc32)c2ccncc12. The molecule has 31 heavy (non-hydrogen) atoms. The topological polar surface area (TPSA) is 63.2 Å². The Morgan fingerprint density at radius 1 is 1.00 bits per heavy atom. The third-order valence-electron chi connectivity index (χ3n) is 5.97. The summed E-state index contributed by atoms with van der Waals surface area (Å²) < 4.78 is 5.71. The molecule has 5 nitrogen and oxygen atoms in total. The maximum Gasteiger partial charge on any atom is 0.411 e. The van der Waals surface area contributed by atoms with Crippen LogP contribution < -0.4 is 10.6 Å². The molecule has 0 fully saturated rings. The molecule has 5 heteroatoms. The first-order chi connectivity index (χ1) is 15.2. The van der Waals surface area contributed by atoms with Gasteiger partial charge in [0, 0.05) is 41.8 Å². The molecule has 1 aromatic heterocycles. The fourth-order valence-corrected chi connectivity index (χ4v) is 4.59. The maximum atomic E-state index is 12.7. The Hall–Kier alpha value is -3.86. The lowest BCUT2D eigenvalue weighted by molar-refractivity contribution is 0.158. The summed E-state index contributed by atoms with van der Waals surface area (Å²) in [4.78, 5) is 17.0. The van der Waals surface area contributed by atoms with Crippen LogP contribution in [0.4, 0.5) is 16.2 Å². The largest absolute Gasteiger partial charge is 0.448 e. The van der Waals surface area contributed by atoms with Gasteiger partial charge >= 0.3 is 6.09 Å². The molecule has 2 N–H and O–H groups in total. The first-order valence-corrected chi connectivity index (χ1v) is 10.3. The van der Waals surface area contributed by atoms with E-state index in [4.69, 9.17) is 4.74 Å². The molecule has 0 spiro atoms. The van der Waals surface area contributed by atoms with Crippen molar-refractivity contribution < 1.29 is 9.53 Å². The predicted molar refractivity (Wildman–Crippen MR) is 125 cm³/mol. The number of ether oxygens (including phenoxy) is 1. The molecule has 0 unspecified atom stereocenters. The van der Waals surface area contributed by atoms with Crippen LogP contribution >= 0.6 is 0 Å². The van der Waals surface area contributed by atoms with Crippen LogP contribution in [0.25, 0.3) is 21.9 Å². The molecule has 0 saturated carbocycles. The Morgan fingerprint density at radius 2 is 1.68 bits per heavy atom. The van der Waals surface area contributed by atoms with E-state index in [1.54, 1.807) is 12.4 Å². The van der Waals surface area contributed by atoms with Gasteiger partial charge in [-0.25, -0.2) is 4.79 Å². The highest BCUT2D eigenvalue weighted by molar-refractivity contribution is 6.06. The standard InChI is InChI=1S/C26H23N3O2/c1-16-13-24(21-11-12-28-14-22(21)25(16)27-2)29-26(30)31-15-23-19-9-5-3-7-17(19)18-8-4-6-10-20(18)23/h3-14,23,27H,15H2,1-2H3,(H,29,30). The molecule has 1 aliphatic rings. The monoisotopic (exact) mass is 409 g/mol. The van der Waals surface area contributed by atoms with Crippen LogP contribution in [0.5, 0.6) is 0 Å². The summed E-state index contributed by atoms with van der Waals surface area (Å²) in [5, 5.41) is 8.02. The Kier molecular flexibility index (Phi) is 4.79. The zero-order valence-corrected chi connectivity index (χ0v) is 17.5. The average molecular weight is 409 g/mol. The third-order valence-corrected chi connectivity index (χ3v) is 5.97. The van der Waals surface area contributed by atoms with E-state index in [1.165, 1.54) is 22.3 Å². The number of nitrogens with zero attached hydrogens (tertiary/aromatic N) is 1. The minimum atomic E-state index is -0.461. The molecule has 0 radical (unpaired) electrons. The van der Waals surface area contributed by atoms with Gasteiger partial charge in [-0.1, -0.05) is 48.5 Å². The van der Waals surface area contributed by atoms with E-state index in [1.807, 2.05) is 50.4 Å². The van der Waals surface area contributed by atoms with Gasteiger partial charge in [-0.15, -0.1) is 0 Å². The number of hydrogen-bond acceptors (Lipinski definition) is 4. The molecule has 154 valence electrons. The van der Waals surface area contributed by atoms with Gasteiger partial charge < -0.3 is 10.1 Å². The zero-order chi connectivity index (χ0) is 21.4. The van der Waals surface area contributed by atoms with Gasteiger partial charge in [0.15, 0.2) is 0 Å². The summed E-state index contributed by atoms with van der Waals surface area (Å²) in [6.07, 6.45) is 3.06. The number of rotatable bonds is 4. The van der Waals surface area contributed by atoms with E-state index in [-0.39, 0.29) is 12.5 Å². The molecule has 0 saturated heterocycles. The summed E-state index contributed by atoms with van der Waals surface area (Å²) >= 11 is 0. The first-order valence-electron chi connectivity index (χ1n) is 10.3. The molecule has 0 bridgehead atoms. The summed E-state index contributed by atoms with van der Waals surface area (Å²) in [6, 6.07) is 20.5. The van der Waals surface area contributed by atoms with E-state index < -0.39 is 6.09 Å². The van der Waals surface area contributed by atoms with Crippen molar-refractivity contribution in [2.75, 3.05) is 24.3 Å². The van der Waals surface area contributed by atoms with Crippen LogP contribution in [-0.2, 0) is 4.74 Å². The number of amides is 1. The first kappa shape index (κ1) is 19.1. The van der Waals surface area contributed by atoms with Crippen molar-refractivity contribution in [3.05, 3.63) is 89.7 Å². The van der Waals surface area contributed by atoms with Crippen LogP contribution in [0, 0.1) is 6.92 Å². The van der Waals surface area contributed by atoms with Crippen LogP contribution in [0.3, 0.4) is 0 Å². The van der Waals surface area contributed by atoms with Crippen LogP contribution in [0.1, 0.15) is 22.6 Å². The summed E-state index contributed by atoms with van der Waals surface area (Å²) in [7, 11) is 1.88. The Balaban J connectivity index is 1.38. The smallest absolute Gasteiger partial charge is 0.411 e. The van der Waals surface area contributed by atoms with Gasteiger partial charge in [0.25, 0.3) is 0 Å². The molecular weight excluding hydrogens is 386 g/mol. The fourth-order valence-electron chi connectivity index (χ4n) is 4.59. The molecule has 0 atom stereocenters. The molecular formula is C26H23N3O2. The van der Waals surface area contributed by atoms with E-state index in [2.05, 4.69) is 39.9 Å². The predicted octanol–water partition coefficient (Wildman–Crippen LogP) is 5.95. The van der Waals surface area contributed by atoms with Gasteiger partial charge in [-0.2, -0.15) is 0 Å². The lowest BCUT2D eigenvalue weighted by atomic mass is 9.98. The lowest BCUT2D eigenvalue weighted by Gasteiger charge is -2.17. The highest BCUT2D eigenvalue weighted by Crippen LogP contribution is 2.44. The summed E-state index contributed by atoms with van der Waals surface area (Å²) in [5.74, 6) is 0.0347. The van der Waals surface area contributed by atoms with E-state index in [0.29, 0.717) is 5.69 Å². The quantitative estimate of drug-likeness (QED) is 0.437. The van der Waals surface area contributed by atoms with Crippen molar-refractivity contribution in [2.45, 2.75) is 12.8 Å². The molecule has 4 aromatic rings. The lowest BCUT2D eigenvalue weighted by Crippen LogP contribution is -2.18. The minimum Gasteiger partial charge on any atom is -0.448 e. The second-order valence-electron chi connectivity index (χ2n) is 7.74. The van der Waals surface area contributed by atoms with Gasteiger partial charge in [0.05, 0.1) is 5.69 Å². The Morgan fingerprint density at radius 3 is 2.35 bits per heavy atom. The number of aromatic nitrogens is 1. The summed E-state index contributed by atoms with van der Waals surface area (Å²) in [5.41, 5.74) is 7.56. The minimum absolute atomic E-state index is 0.0347. The molecule has 5 rings (SSSR count). The number of anilines is 2. The van der Waals surface area contributed by atoms with Crippen LogP contribution in [0.15, 0.2) is 73.1 Å². The van der Waals surface area contributed by atoms with E-state index in [0.717, 1.165) is 22.0 Å². The molecule has 1 amide bonds. The number of carbonyl (C=O) groups excluding carboxylic acids is 1. The van der Waals surface area contributed by atoms with E-state index >= 15 is 0 Å². The molecule has 3 aromatic carbocycles. The number of benzene rings is 3. The number of carbonyl (C=O) groups is 1. The van der Waals surface area contributed by atoms with Gasteiger partial charge in [0.1, 0.15) is 6.61 Å². The highest BCUT2D eigenvalue weighted by atomic mass is 16.5. The second-order valence-corrected chi connectivity index (χ2v) is 7.74. The van der Waals surface area contributed by atoms with Crippen molar-refractivity contribution in [1.29, 1.82) is 0 Å². The van der Waals surface area contributed by atoms with Crippen molar-refractivity contribution in [2.24, 2.45) is 0 Å². The fraction of sp³-hybridized carbons (Fsp3) is 0.154. The number of aryl methyl sites for hydroxylation is 1. The second kappa shape index (κ2) is 7.76. The summed E-state index contributed by atoms with van der Waals surface area (Å²) in [6.45, 7) is 2.29. The molecule has 1 aliphatic carbocycles. The van der Waals surface area contributed by atoms with Crippen molar-refractivity contribution in [1.82, 2.24) is 4.98 Å². The van der Waals surface area contributed by atoms with Gasteiger partial charge in [-0.05, 0) is 46.9 Å². The Labute approximate surface area is 181 Å². The zero-order valence-electron chi connectivity index (χ0n) is 17.5. The number of fused-ring (bicyclic) bond motifs is 4. The maximum absolute atomic E-state index is 12.7. The van der Waals surface area contributed by atoms with Crippen LogP contribution in [-0.4, -0.2) is 24.7 Å². The molecule has 1 heterocycles. The van der Waals surface area contributed by atoms with E-state index in [9.17, 15) is 4.79 Å². The number of hydrogen-bond donors (Lipinski definition) is 2.